The highest BCUT2D eigenvalue weighted by Gasteiger charge is 2.14. The fraction of sp³-hybridized carbons (Fsp3) is 0.333. The fourth-order valence-electron chi connectivity index (χ4n) is 1.89. The van der Waals surface area contributed by atoms with E-state index in [2.05, 4.69) is 10.3 Å². The van der Waals surface area contributed by atoms with Crippen molar-refractivity contribution < 1.29 is 4.79 Å². The van der Waals surface area contributed by atoms with E-state index in [1.54, 1.807) is 23.5 Å². The Kier molecular flexibility index (Phi) is 4.39. The molecule has 2 heterocycles. The Hall–Kier alpha value is -1.88. The van der Waals surface area contributed by atoms with E-state index in [1.165, 1.54) is 0 Å². The van der Waals surface area contributed by atoms with E-state index in [-0.39, 0.29) is 17.9 Å². The van der Waals surface area contributed by atoms with Crippen LogP contribution in [0.2, 0.25) is 0 Å². The van der Waals surface area contributed by atoms with Crippen LogP contribution in [0.4, 0.5) is 5.82 Å². The van der Waals surface area contributed by atoms with Gasteiger partial charge in [0.15, 0.2) is 0 Å². The molecule has 2 aromatic rings. The molecule has 20 heavy (non-hydrogen) atoms. The van der Waals surface area contributed by atoms with Crippen LogP contribution in [-0.4, -0.2) is 10.9 Å². The summed E-state index contributed by atoms with van der Waals surface area (Å²) in [5, 5.41) is 7.01. The molecule has 2 rings (SSSR count). The Bertz CT molecular complexity index is 593. The molecule has 0 fully saturated rings. The van der Waals surface area contributed by atoms with Crippen LogP contribution >= 0.6 is 11.3 Å². The largest absolute Gasteiger partial charge is 0.384 e. The van der Waals surface area contributed by atoms with Crippen LogP contribution in [0.5, 0.6) is 0 Å². The summed E-state index contributed by atoms with van der Waals surface area (Å²) in [6, 6.07) is 5.40. The fourth-order valence-corrected chi connectivity index (χ4v) is 2.64. The Morgan fingerprint density at radius 2 is 2.10 bits per heavy atom. The van der Waals surface area contributed by atoms with Crippen molar-refractivity contribution in [2.24, 2.45) is 0 Å². The van der Waals surface area contributed by atoms with Crippen molar-refractivity contribution >= 4 is 23.1 Å². The number of nitrogens with one attached hydrogen (secondary N) is 1. The number of anilines is 1. The predicted octanol–water partition coefficient (Wildman–Crippen LogP) is 3.34. The van der Waals surface area contributed by atoms with Gasteiger partial charge in [0, 0.05) is 11.3 Å². The third-order valence-electron chi connectivity index (χ3n) is 3.11. The van der Waals surface area contributed by atoms with Gasteiger partial charge in [-0.2, -0.15) is 11.3 Å². The number of carbonyl (C=O) groups excluding carboxylic acids is 1. The zero-order valence-corrected chi connectivity index (χ0v) is 12.7. The minimum atomic E-state index is -0.125. The summed E-state index contributed by atoms with van der Waals surface area (Å²) < 4.78 is 0. The van der Waals surface area contributed by atoms with Crippen molar-refractivity contribution in [1.29, 1.82) is 0 Å². The molecular weight excluding hydrogens is 270 g/mol. The van der Waals surface area contributed by atoms with Gasteiger partial charge in [0.25, 0.3) is 5.91 Å². The third-order valence-corrected chi connectivity index (χ3v) is 3.81. The number of aromatic nitrogens is 1. The second-order valence-corrected chi connectivity index (χ2v) is 5.89. The number of nitrogen functional groups attached to an aromatic ring is 1. The van der Waals surface area contributed by atoms with Gasteiger partial charge in [0.2, 0.25) is 0 Å². The second-order valence-electron chi connectivity index (χ2n) is 5.11. The van der Waals surface area contributed by atoms with Crippen LogP contribution in [0.25, 0.3) is 0 Å². The smallest absolute Gasteiger partial charge is 0.251 e. The van der Waals surface area contributed by atoms with Crippen molar-refractivity contribution in [3.8, 4) is 0 Å². The van der Waals surface area contributed by atoms with Crippen molar-refractivity contribution in [1.82, 2.24) is 10.3 Å². The number of nitrogens with two attached hydrogens (primary N) is 1. The molecule has 0 aliphatic rings. The Balaban J connectivity index is 2.17. The summed E-state index contributed by atoms with van der Waals surface area (Å²) in [7, 11) is 0. The van der Waals surface area contributed by atoms with Crippen molar-refractivity contribution in [3.63, 3.8) is 0 Å². The predicted molar refractivity (Wildman–Crippen MR) is 82.9 cm³/mol. The molecule has 1 atom stereocenters. The first-order valence-electron chi connectivity index (χ1n) is 6.57. The van der Waals surface area contributed by atoms with Gasteiger partial charge in [-0.3, -0.25) is 4.79 Å². The average molecular weight is 289 g/mol. The molecule has 1 amide bonds. The first-order chi connectivity index (χ1) is 9.47. The summed E-state index contributed by atoms with van der Waals surface area (Å²) in [5.41, 5.74) is 8.27. The molecule has 4 nitrogen and oxygen atoms in total. The van der Waals surface area contributed by atoms with Crippen LogP contribution in [0.15, 0.2) is 29.0 Å². The van der Waals surface area contributed by atoms with E-state index in [4.69, 9.17) is 5.73 Å². The van der Waals surface area contributed by atoms with Gasteiger partial charge < -0.3 is 11.1 Å². The van der Waals surface area contributed by atoms with E-state index in [0.717, 1.165) is 11.3 Å². The first-order valence-corrected chi connectivity index (χ1v) is 7.52. The lowest BCUT2D eigenvalue weighted by Crippen LogP contribution is -2.26. The highest BCUT2D eigenvalue weighted by molar-refractivity contribution is 7.07. The summed E-state index contributed by atoms with van der Waals surface area (Å²) in [5.74, 6) is 0.489. The van der Waals surface area contributed by atoms with E-state index in [0.29, 0.717) is 11.4 Å². The molecule has 0 spiro atoms. The van der Waals surface area contributed by atoms with E-state index >= 15 is 0 Å². The van der Waals surface area contributed by atoms with E-state index in [1.807, 2.05) is 37.6 Å². The van der Waals surface area contributed by atoms with Crippen LogP contribution in [0, 0.1) is 0 Å². The SMILES string of the molecule is CC(C)c1cc(C(=O)NC(C)c2ccsc2)cc(N)n1. The first kappa shape index (κ1) is 14.5. The molecule has 0 bridgehead atoms. The van der Waals surface area contributed by atoms with Crippen molar-refractivity contribution in [3.05, 3.63) is 45.8 Å². The number of thiophene rings is 1. The second kappa shape index (κ2) is 6.05. The average Bonchev–Trinajstić information content (AvgIpc) is 2.91. The maximum atomic E-state index is 12.3. The van der Waals surface area contributed by atoms with Crippen molar-refractivity contribution in [2.45, 2.75) is 32.7 Å². The summed E-state index contributed by atoms with van der Waals surface area (Å²) in [4.78, 5) is 16.5. The molecule has 5 heteroatoms. The highest BCUT2D eigenvalue weighted by atomic mass is 32.1. The maximum Gasteiger partial charge on any atom is 0.251 e. The molecule has 0 saturated carbocycles. The molecular formula is C15H19N3OS. The zero-order valence-electron chi connectivity index (χ0n) is 11.9. The number of nitrogens with zero attached hydrogens (tertiary/aromatic N) is 1. The number of hydrogen-bond donors (Lipinski definition) is 2. The molecule has 0 aliphatic heterocycles. The van der Waals surface area contributed by atoms with Crippen molar-refractivity contribution in [2.75, 3.05) is 5.73 Å². The summed E-state index contributed by atoms with van der Waals surface area (Å²) in [6.45, 7) is 6.02. The van der Waals surface area contributed by atoms with E-state index < -0.39 is 0 Å². The lowest BCUT2D eigenvalue weighted by molar-refractivity contribution is 0.0939. The van der Waals surface area contributed by atoms with Gasteiger partial charge in [0.1, 0.15) is 5.82 Å². The van der Waals surface area contributed by atoms with Crippen LogP contribution in [0.3, 0.4) is 0 Å². The minimum Gasteiger partial charge on any atom is -0.384 e. The standard InChI is InChI=1S/C15H19N3OS/c1-9(2)13-6-12(7-14(16)18-13)15(19)17-10(3)11-4-5-20-8-11/h4-10H,1-3H3,(H2,16,18)(H,17,19). The number of amides is 1. The molecule has 106 valence electrons. The maximum absolute atomic E-state index is 12.3. The molecule has 2 aromatic heterocycles. The lowest BCUT2D eigenvalue weighted by atomic mass is 10.1. The number of rotatable bonds is 4. The highest BCUT2D eigenvalue weighted by Crippen LogP contribution is 2.19. The molecule has 0 aromatic carbocycles. The number of pyridine rings is 1. The Morgan fingerprint density at radius 1 is 1.35 bits per heavy atom. The van der Waals surface area contributed by atoms with Crippen LogP contribution in [0.1, 0.15) is 54.3 Å². The topological polar surface area (TPSA) is 68.0 Å². The third kappa shape index (κ3) is 3.36. The Morgan fingerprint density at radius 3 is 2.70 bits per heavy atom. The number of hydrogen-bond acceptors (Lipinski definition) is 4. The van der Waals surface area contributed by atoms with Gasteiger partial charge in [-0.25, -0.2) is 4.98 Å². The normalized spacial score (nSPS) is 12.4. The quantitative estimate of drug-likeness (QED) is 0.907. The van der Waals surface area contributed by atoms with E-state index in [9.17, 15) is 4.79 Å². The zero-order chi connectivity index (χ0) is 14.7. The molecule has 3 N–H and O–H groups in total. The lowest BCUT2D eigenvalue weighted by Gasteiger charge is -2.14. The minimum absolute atomic E-state index is 0.0226. The monoisotopic (exact) mass is 289 g/mol. The van der Waals surface area contributed by atoms with Gasteiger partial charge in [-0.15, -0.1) is 0 Å². The van der Waals surface area contributed by atoms with Gasteiger partial charge in [0.05, 0.1) is 6.04 Å². The van der Waals surface area contributed by atoms with Gasteiger partial charge in [-0.1, -0.05) is 13.8 Å². The molecule has 1 unspecified atom stereocenters. The molecule has 0 radical (unpaired) electrons. The van der Waals surface area contributed by atoms with Crippen LogP contribution < -0.4 is 11.1 Å². The molecule has 0 saturated heterocycles. The summed E-state index contributed by atoms with van der Waals surface area (Å²) in [6.07, 6.45) is 0. The van der Waals surface area contributed by atoms with Crippen LogP contribution in [-0.2, 0) is 0 Å². The van der Waals surface area contributed by atoms with Gasteiger partial charge in [-0.05, 0) is 47.4 Å². The summed E-state index contributed by atoms with van der Waals surface area (Å²) >= 11 is 1.62. The van der Waals surface area contributed by atoms with Gasteiger partial charge >= 0.3 is 0 Å². The molecule has 0 aliphatic carbocycles. The Labute approximate surface area is 123 Å². The number of carbonyl (C=O) groups is 1.